The van der Waals surface area contributed by atoms with Crippen molar-refractivity contribution in [2.24, 2.45) is 5.92 Å². The van der Waals surface area contributed by atoms with Crippen molar-refractivity contribution < 1.29 is 24.0 Å². The molecule has 2 N–H and O–H groups in total. The molecular formula is C13H20N2O5. The molecule has 0 saturated heterocycles. The molecule has 0 saturated carbocycles. The second-order valence-electron chi connectivity index (χ2n) is 5.15. The van der Waals surface area contributed by atoms with Crippen molar-refractivity contribution in [2.75, 3.05) is 0 Å². The number of carboxylic acids is 1. The molecule has 1 aromatic heterocycles. The molecule has 20 heavy (non-hydrogen) atoms. The average molecular weight is 284 g/mol. The number of carbonyl (C=O) groups is 2. The molecule has 1 heterocycles. The zero-order valence-corrected chi connectivity index (χ0v) is 12.0. The number of carbonyl (C=O) groups excluding carboxylic acids is 1. The molecular weight excluding hydrogens is 264 g/mol. The first-order valence-electron chi connectivity index (χ1n) is 6.42. The summed E-state index contributed by atoms with van der Waals surface area (Å²) >= 11 is 0. The summed E-state index contributed by atoms with van der Waals surface area (Å²) in [6.45, 7) is 7.25. The highest BCUT2D eigenvalue weighted by molar-refractivity contribution is 5.80. The van der Waals surface area contributed by atoms with Crippen molar-refractivity contribution >= 4 is 12.1 Å². The molecule has 7 heteroatoms. The maximum absolute atomic E-state index is 11.5. The van der Waals surface area contributed by atoms with Crippen molar-refractivity contribution in [3.8, 4) is 0 Å². The zero-order valence-electron chi connectivity index (χ0n) is 12.0. The van der Waals surface area contributed by atoms with Gasteiger partial charge in [-0.3, -0.25) is 0 Å². The van der Waals surface area contributed by atoms with Crippen LogP contribution in [0, 0.1) is 5.92 Å². The number of alkyl carbamates (subject to hydrolysis) is 1. The largest absolute Gasteiger partial charge is 0.480 e. The third-order valence-corrected chi connectivity index (χ3v) is 2.72. The fourth-order valence-electron chi connectivity index (χ4n) is 1.49. The summed E-state index contributed by atoms with van der Waals surface area (Å²) in [7, 11) is 0. The second-order valence-corrected chi connectivity index (χ2v) is 5.15. The van der Waals surface area contributed by atoms with Crippen LogP contribution in [0.2, 0.25) is 0 Å². The number of aromatic nitrogens is 1. The molecule has 112 valence electrons. The number of ether oxygens (including phenoxy) is 1. The highest BCUT2D eigenvalue weighted by Gasteiger charge is 2.24. The lowest BCUT2D eigenvalue weighted by Crippen LogP contribution is -2.44. The number of aliphatic carboxylic acids is 1. The van der Waals surface area contributed by atoms with E-state index in [9.17, 15) is 9.59 Å². The maximum Gasteiger partial charge on any atom is 0.408 e. The lowest BCUT2D eigenvalue weighted by atomic mass is 10.1. The fraction of sp³-hybridized carbons (Fsp3) is 0.615. The van der Waals surface area contributed by atoms with Gasteiger partial charge in [0, 0.05) is 6.07 Å². The molecule has 0 bridgehead atoms. The number of hydrogen-bond acceptors (Lipinski definition) is 5. The van der Waals surface area contributed by atoms with Gasteiger partial charge >= 0.3 is 12.1 Å². The first kappa shape index (κ1) is 16.0. The van der Waals surface area contributed by atoms with Gasteiger partial charge in [-0.25, -0.2) is 9.59 Å². The minimum Gasteiger partial charge on any atom is -0.480 e. The van der Waals surface area contributed by atoms with Crippen LogP contribution >= 0.6 is 0 Å². The van der Waals surface area contributed by atoms with Gasteiger partial charge < -0.3 is 19.7 Å². The second kappa shape index (κ2) is 6.93. The smallest absolute Gasteiger partial charge is 0.408 e. The Morgan fingerprint density at radius 3 is 2.50 bits per heavy atom. The van der Waals surface area contributed by atoms with E-state index in [1.807, 2.05) is 13.8 Å². The van der Waals surface area contributed by atoms with Crippen LogP contribution in [0.15, 0.2) is 10.6 Å². The Hall–Kier alpha value is -2.05. The minimum atomic E-state index is -1.10. The van der Waals surface area contributed by atoms with Crippen LogP contribution in [0.5, 0.6) is 0 Å². The van der Waals surface area contributed by atoms with Crippen LogP contribution in [-0.4, -0.2) is 28.4 Å². The van der Waals surface area contributed by atoms with Gasteiger partial charge in [-0.15, -0.1) is 0 Å². The van der Waals surface area contributed by atoms with Gasteiger partial charge in [0.2, 0.25) is 0 Å². The Labute approximate surface area is 117 Å². The molecule has 0 spiro atoms. The predicted molar refractivity (Wildman–Crippen MR) is 70.2 cm³/mol. The Morgan fingerprint density at radius 2 is 2.05 bits per heavy atom. The molecule has 0 aromatic carbocycles. The summed E-state index contributed by atoms with van der Waals surface area (Å²) in [5.74, 6) is -0.699. The van der Waals surface area contributed by atoms with Gasteiger partial charge in [0.1, 0.15) is 6.04 Å². The molecule has 1 aromatic rings. The minimum absolute atomic E-state index is 0.0873. The molecule has 1 rings (SSSR count). The number of carboxylic acid groups (broad SMARTS) is 1. The fourth-order valence-corrected chi connectivity index (χ4v) is 1.49. The van der Waals surface area contributed by atoms with Crippen molar-refractivity contribution in [1.29, 1.82) is 0 Å². The molecule has 0 radical (unpaired) electrons. The van der Waals surface area contributed by atoms with Crippen molar-refractivity contribution in [3.05, 3.63) is 17.5 Å². The van der Waals surface area contributed by atoms with Crippen LogP contribution in [0.3, 0.4) is 0 Å². The van der Waals surface area contributed by atoms with E-state index in [0.29, 0.717) is 5.76 Å². The summed E-state index contributed by atoms with van der Waals surface area (Å²) in [5, 5.41) is 15.1. The summed E-state index contributed by atoms with van der Waals surface area (Å²) in [4.78, 5) is 22.4. The van der Waals surface area contributed by atoms with E-state index in [1.165, 1.54) is 0 Å². The Kier molecular flexibility index (Phi) is 5.54. The van der Waals surface area contributed by atoms with Crippen molar-refractivity contribution in [2.45, 2.75) is 46.3 Å². The van der Waals surface area contributed by atoms with Crippen LogP contribution in [-0.2, 0) is 16.1 Å². The van der Waals surface area contributed by atoms with E-state index in [0.717, 1.165) is 5.69 Å². The lowest BCUT2D eigenvalue weighted by Gasteiger charge is -2.17. The summed E-state index contributed by atoms with van der Waals surface area (Å²) in [5.41, 5.74) is 0.773. The number of nitrogens with zero attached hydrogens (tertiary/aromatic N) is 1. The van der Waals surface area contributed by atoms with Gasteiger partial charge in [0.15, 0.2) is 12.4 Å². The average Bonchev–Trinajstić information content (AvgIpc) is 2.81. The summed E-state index contributed by atoms with van der Waals surface area (Å²) in [6.07, 6.45) is -0.798. The zero-order chi connectivity index (χ0) is 15.3. The number of hydrogen-bond donors (Lipinski definition) is 2. The normalized spacial score (nSPS) is 12.5. The molecule has 0 aliphatic rings. The molecule has 0 aliphatic carbocycles. The topological polar surface area (TPSA) is 102 Å². The molecule has 1 atom stereocenters. The summed E-state index contributed by atoms with van der Waals surface area (Å²) < 4.78 is 9.91. The van der Waals surface area contributed by atoms with Gasteiger partial charge in [0.25, 0.3) is 0 Å². The van der Waals surface area contributed by atoms with Gasteiger partial charge in [0.05, 0.1) is 5.69 Å². The van der Waals surface area contributed by atoms with E-state index < -0.39 is 18.1 Å². The first-order valence-corrected chi connectivity index (χ1v) is 6.42. The third kappa shape index (κ3) is 4.56. The van der Waals surface area contributed by atoms with Crippen molar-refractivity contribution in [1.82, 2.24) is 10.5 Å². The van der Waals surface area contributed by atoms with Gasteiger partial charge in [-0.05, 0) is 11.8 Å². The van der Waals surface area contributed by atoms with Crippen molar-refractivity contribution in [3.63, 3.8) is 0 Å². The van der Waals surface area contributed by atoms with Gasteiger partial charge in [-0.1, -0.05) is 32.9 Å². The highest BCUT2D eigenvalue weighted by Crippen LogP contribution is 2.14. The predicted octanol–water partition coefficient (Wildman–Crippen LogP) is 2.13. The SMILES string of the molecule is CC(C)c1cc(COC(=O)NC(C(=O)O)C(C)C)on1. The van der Waals surface area contributed by atoms with E-state index in [-0.39, 0.29) is 18.4 Å². The molecule has 0 fully saturated rings. The van der Waals surface area contributed by atoms with Crippen LogP contribution < -0.4 is 5.32 Å². The monoisotopic (exact) mass is 284 g/mol. The quantitative estimate of drug-likeness (QED) is 0.829. The standard InChI is InChI=1S/C13H20N2O5/c1-7(2)10-5-9(20-15-10)6-19-13(18)14-11(8(3)4)12(16)17/h5,7-8,11H,6H2,1-4H3,(H,14,18)(H,16,17). The summed E-state index contributed by atoms with van der Waals surface area (Å²) in [6, 6.07) is 0.721. The lowest BCUT2D eigenvalue weighted by molar-refractivity contribution is -0.140. The van der Waals surface area contributed by atoms with Crippen LogP contribution in [0.1, 0.15) is 45.1 Å². The van der Waals surface area contributed by atoms with Gasteiger partial charge in [-0.2, -0.15) is 0 Å². The number of nitrogens with one attached hydrogen (secondary N) is 1. The van der Waals surface area contributed by atoms with E-state index in [1.54, 1.807) is 19.9 Å². The number of amides is 1. The highest BCUT2D eigenvalue weighted by atomic mass is 16.6. The van der Waals surface area contributed by atoms with E-state index in [2.05, 4.69) is 10.5 Å². The maximum atomic E-state index is 11.5. The third-order valence-electron chi connectivity index (χ3n) is 2.72. The van der Waals surface area contributed by atoms with Crippen LogP contribution in [0.25, 0.3) is 0 Å². The van der Waals surface area contributed by atoms with E-state index in [4.69, 9.17) is 14.4 Å². The van der Waals surface area contributed by atoms with E-state index >= 15 is 0 Å². The Morgan fingerprint density at radius 1 is 1.40 bits per heavy atom. The Bertz CT molecular complexity index is 467. The first-order chi connectivity index (χ1) is 9.31. The van der Waals surface area contributed by atoms with Crippen LogP contribution in [0.4, 0.5) is 4.79 Å². The molecule has 1 unspecified atom stereocenters. The molecule has 1 amide bonds. The number of rotatable bonds is 6. The molecule has 0 aliphatic heterocycles. The molecule has 7 nitrogen and oxygen atoms in total. The Balaban J connectivity index is 2.48.